The van der Waals surface area contributed by atoms with Crippen LogP contribution in [0.25, 0.3) is 0 Å². The lowest BCUT2D eigenvalue weighted by molar-refractivity contribution is -0.0365. The molecule has 0 spiro atoms. The minimum atomic E-state index is -0.907. The number of carbonyl (C=O) groups is 1. The van der Waals surface area contributed by atoms with Crippen LogP contribution < -0.4 is 9.47 Å². The molecule has 2 fully saturated rings. The number of likely N-dealkylation sites (tertiary alicyclic amines) is 1. The highest BCUT2D eigenvalue weighted by molar-refractivity contribution is 5.70. The van der Waals surface area contributed by atoms with Crippen molar-refractivity contribution < 1.29 is 24.1 Å². The molecule has 182 valence electrons. The van der Waals surface area contributed by atoms with Gasteiger partial charge in [-0.15, -0.1) is 0 Å². The second kappa shape index (κ2) is 9.44. The maximum Gasteiger partial charge on any atom is 0.425 e. The molecule has 3 aliphatic rings. The van der Waals surface area contributed by atoms with E-state index in [4.69, 9.17) is 14.2 Å². The number of ether oxygens (including phenoxy) is 3. The molecule has 0 bridgehead atoms. The van der Waals surface area contributed by atoms with E-state index >= 15 is 0 Å². The molecule has 2 aromatic carbocycles. The highest BCUT2D eigenvalue weighted by Gasteiger charge is 2.46. The predicted molar refractivity (Wildman–Crippen MR) is 126 cm³/mol. The fourth-order valence-electron chi connectivity index (χ4n) is 5.32. The van der Waals surface area contributed by atoms with Crippen LogP contribution in [-0.4, -0.2) is 71.7 Å². The van der Waals surface area contributed by atoms with Crippen molar-refractivity contribution in [1.29, 1.82) is 0 Å². The van der Waals surface area contributed by atoms with Gasteiger partial charge < -0.3 is 19.3 Å². The van der Waals surface area contributed by atoms with Gasteiger partial charge in [-0.3, -0.25) is 4.90 Å². The second-order valence-electron chi connectivity index (χ2n) is 9.16. The molecule has 1 N–H and O–H groups in total. The molecule has 2 saturated heterocycles. The van der Waals surface area contributed by atoms with E-state index in [-0.39, 0.29) is 25.0 Å². The number of rotatable bonds is 7. The van der Waals surface area contributed by atoms with Gasteiger partial charge in [-0.25, -0.2) is 14.8 Å². The zero-order chi connectivity index (χ0) is 23.7. The van der Waals surface area contributed by atoms with Gasteiger partial charge in [0.05, 0.1) is 5.60 Å². The van der Waals surface area contributed by atoms with Crippen molar-refractivity contribution in [2.75, 3.05) is 39.5 Å². The molecule has 3 aliphatic heterocycles. The average molecular weight is 468 g/mol. The van der Waals surface area contributed by atoms with E-state index in [1.54, 1.807) is 5.01 Å². The Kier molecular flexibility index (Phi) is 6.38. The molecule has 0 aromatic heterocycles. The third-order valence-electron chi connectivity index (χ3n) is 7.26. The van der Waals surface area contributed by atoms with E-state index in [2.05, 4.69) is 17.0 Å². The van der Waals surface area contributed by atoms with Crippen LogP contribution >= 0.6 is 0 Å². The number of carbonyl (C=O) groups excluding carboxylic acids is 1. The summed E-state index contributed by atoms with van der Waals surface area (Å²) in [4.78, 5) is 15.2. The molecule has 3 heterocycles. The summed E-state index contributed by atoms with van der Waals surface area (Å²) in [5.74, 6) is 1.41. The number of hydrazine groups is 1. The highest BCUT2D eigenvalue weighted by Crippen LogP contribution is 2.40. The van der Waals surface area contributed by atoms with E-state index in [1.165, 1.54) is 0 Å². The third kappa shape index (κ3) is 4.21. The van der Waals surface area contributed by atoms with Crippen LogP contribution in [0.15, 0.2) is 48.5 Å². The predicted octanol–water partition coefficient (Wildman–Crippen LogP) is 3.52. The molecule has 8 nitrogen and oxygen atoms in total. The van der Waals surface area contributed by atoms with E-state index < -0.39 is 5.60 Å². The van der Waals surface area contributed by atoms with Crippen molar-refractivity contribution in [2.45, 2.75) is 44.4 Å². The van der Waals surface area contributed by atoms with E-state index in [1.807, 2.05) is 55.3 Å². The lowest BCUT2D eigenvalue weighted by atomic mass is 9.84. The first-order valence-electron chi connectivity index (χ1n) is 12.2. The van der Waals surface area contributed by atoms with Gasteiger partial charge in [-0.2, -0.15) is 0 Å². The van der Waals surface area contributed by atoms with Gasteiger partial charge in [0.2, 0.25) is 6.79 Å². The first-order valence-corrected chi connectivity index (χ1v) is 12.2. The summed E-state index contributed by atoms with van der Waals surface area (Å²) in [6.07, 6.45) is 0.621. The van der Waals surface area contributed by atoms with Gasteiger partial charge in [0.15, 0.2) is 11.5 Å². The molecule has 0 radical (unpaired) electrons. The van der Waals surface area contributed by atoms with Gasteiger partial charge in [0.25, 0.3) is 0 Å². The first-order chi connectivity index (χ1) is 16.5. The van der Waals surface area contributed by atoms with Crippen LogP contribution in [0.2, 0.25) is 0 Å². The summed E-state index contributed by atoms with van der Waals surface area (Å²) in [7, 11) is 0. The van der Waals surface area contributed by atoms with Crippen LogP contribution in [0, 0.1) is 0 Å². The van der Waals surface area contributed by atoms with Crippen LogP contribution in [0.3, 0.4) is 0 Å². The van der Waals surface area contributed by atoms with Crippen molar-refractivity contribution in [3.8, 4) is 11.5 Å². The minimum Gasteiger partial charge on any atom is -0.454 e. The number of nitrogens with zero attached hydrogens (tertiary/aromatic N) is 3. The summed E-state index contributed by atoms with van der Waals surface area (Å²) < 4.78 is 16.8. The number of fused-ring (bicyclic) bond motifs is 1. The number of amides is 1. The fourth-order valence-corrected chi connectivity index (χ4v) is 5.32. The van der Waals surface area contributed by atoms with Crippen molar-refractivity contribution in [3.63, 3.8) is 0 Å². The van der Waals surface area contributed by atoms with E-state index in [9.17, 15) is 9.90 Å². The quantitative estimate of drug-likeness (QED) is 0.668. The fraction of sp³-hybridized carbons (Fsp3) is 0.500. The van der Waals surface area contributed by atoms with Crippen LogP contribution in [0.5, 0.6) is 11.5 Å². The Balaban J connectivity index is 1.29. The maximum atomic E-state index is 12.9. The van der Waals surface area contributed by atoms with Gasteiger partial charge >= 0.3 is 6.09 Å². The Labute approximate surface area is 200 Å². The topological polar surface area (TPSA) is 74.7 Å². The van der Waals surface area contributed by atoms with Gasteiger partial charge in [-0.1, -0.05) is 50.2 Å². The standard InChI is InChI=1S/C26H33N3O5/c1-3-28(4-2)29-24(19-8-6-5-7-9-19)23(34-25(29)30)17-27-14-12-26(31,13-15-27)20-10-11-21-22(16-20)33-18-32-21/h5-11,16,23-24,31H,3-4,12-15,17-18H2,1-2H3. The van der Waals surface area contributed by atoms with Gasteiger partial charge in [0.1, 0.15) is 12.1 Å². The largest absolute Gasteiger partial charge is 0.454 e. The SMILES string of the molecule is CCN(CC)N1C(=O)OC(CN2CCC(O)(c3ccc4c(c3)OCO4)CC2)C1c1ccccc1. The van der Waals surface area contributed by atoms with Crippen molar-refractivity contribution in [2.24, 2.45) is 0 Å². The molecule has 2 atom stereocenters. The lowest BCUT2D eigenvalue weighted by Crippen LogP contribution is -2.48. The van der Waals surface area contributed by atoms with Crippen molar-refractivity contribution >= 4 is 6.09 Å². The van der Waals surface area contributed by atoms with Crippen LogP contribution in [0.4, 0.5) is 4.79 Å². The van der Waals surface area contributed by atoms with E-state index in [0.29, 0.717) is 38.2 Å². The van der Waals surface area contributed by atoms with Gasteiger partial charge in [0, 0.05) is 32.7 Å². The molecule has 2 aromatic rings. The lowest BCUT2D eigenvalue weighted by Gasteiger charge is -2.40. The summed E-state index contributed by atoms with van der Waals surface area (Å²) >= 11 is 0. The number of hydrogen-bond donors (Lipinski definition) is 1. The molecule has 0 saturated carbocycles. The third-order valence-corrected chi connectivity index (χ3v) is 7.26. The summed E-state index contributed by atoms with van der Waals surface area (Å²) in [6, 6.07) is 15.6. The Hall–Kier alpha value is -2.81. The highest BCUT2D eigenvalue weighted by atomic mass is 16.7. The molecular formula is C26H33N3O5. The van der Waals surface area contributed by atoms with Crippen LogP contribution in [-0.2, 0) is 10.3 Å². The molecule has 5 rings (SSSR count). The average Bonchev–Trinajstić information content (AvgIpc) is 3.46. The van der Waals surface area contributed by atoms with Crippen LogP contribution in [0.1, 0.15) is 43.9 Å². The zero-order valence-electron chi connectivity index (χ0n) is 19.9. The summed E-state index contributed by atoms with van der Waals surface area (Å²) in [5, 5.41) is 15.2. The van der Waals surface area contributed by atoms with Crippen molar-refractivity contribution in [3.05, 3.63) is 59.7 Å². The number of aliphatic hydroxyl groups is 1. The Bertz CT molecular complexity index is 1000. The number of cyclic esters (lactones) is 1. The Morgan fingerprint density at radius 3 is 2.44 bits per heavy atom. The monoisotopic (exact) mass is 467 g/mol. The van der Waals surface area contributed by atoms with Gasteiger partial charge in [-0.05, 0) is 36.1 Å². The molecule has 34 heavy (non-hydrogen) atoms. The van der Waals surface area contributed by atoms with E-state index in [0.717, 1.165) is 30.0 Å². The second-order valence-corrected chi connectivity index (χ2v) is 9.16. The Morgan fingerprint density at radius 2 is 1.74 bits per heavy atom. The normalized spacial score (nSPS) is 24.0. The molecule has 2 unspecified atom stereocenters. The first kappa shape index (κ1) is 23.0. The smallest absolute Gasteiger partial charge is 0.425 e. The summed E-state index contributed by atoms with van der Waals surface area (Å²) in [5.41, 5.74) is 1.02. The minimum absolute atomic E-state index is 0.178. The molecular weight excluding hydrogens is 434 g/mol. The molecule has 8 heteroatoms. The molecule has 0 aliphatic carbocycles. The summed E-state index contributed by atoms with van der Waals surface area (Å²) in [6.45, 7) is 7.83. The molecule has 1 amide bonds. The Morgan fingerprint density at radius 1 is 1.03 bits per heavy atom. The van der Waals surface area contributed by atoms with Crippen molar-refractivity contribution in [1.82, 2.24) is 14.9 Å². The zero-order valence-corrected chi connectivity index (χ0v) is 19.9. The number of benzene rings is 2. The number of hydrogen-bond acceptors (Lipinski definition) is 7. The number of piperidine rings is 1. The maximum absolute atomic E-state index is 12.9.